The van der Waals surface area contributed by atoms with Crippen LogP contribution in [-0.4, -0.2) is 18.0 Å². The number of thiazole rings is 1. The number of hydrogen-bond acceptors (Lipinski definition) is 5. The zero-order valence-electron chi connectivity index (χ0n) is 9.00. The summed E-state index contributed by atoms with van der Waals surface area (Å²) in [5.41, 5.74) is 2.01. The standard InChI is InChI=1S/C12H10N2O2S/c1-2-9(6-14-12-13-4-5-17-12)11-10(3-1)7-15-8-16-11/h1-6H,7-8H2/b14-6+. The zero-order valence-corrected chi connectivity index (χ0v) is 9.81. The van der Waals surface area contributed by atoms with E-state index in [9.17, 15) is 0 Å². The Morgan fingerprint density at radius 3 is 3.29 bits per heavy atom. The predicted octanol–water partition coefficient (Wildman–Crippen LogP) is 2.76. The fourth-order valence-electron chi connectivity index (χ4n) is 1.65. The molecule has 86 valence electrons. The Bertz CT molecular complexity index is 537. The van der Waals surface area contributed by atoms with E-state index < -0.39 is 0 Å². The number of aromatic nitrogens is 1. The minimum atomic E-state index is 0.301. The van der Waals surface area contributed by atoms with Crippen LogP contribution < -0.4 is 4.74 Å². The number of fused-ring (bicyclic) bond motifs is 1. The fraction of sp³-hybridized carbons (Fsp3) is 0.167. The zero-order chi connectivity index (χ0) is 11.5. The van der Waals surface area contributed by atoms with Gasteiger partial charge < -0.3 is 9.47 Å². The molecule has 2 heterocycles. The fourth-order valence-corrected chi connectivity index (χ4v) is 2.13. The average Bonchev–Trinajstić information content (AvgIpc) is 2.89. The highest BCUT2D eigenvalue weighted by atomic mass is 32.1. The lowest BCUT2D eigenvalue weighted by Crippen LogP contribution is -2.12. The smallest absolute Gasteiger partial charge is 0.209 e. The lowest BCUT2D eigenvalue weighted by Gasteiger charge is -2.18. The van der Waals surface area contributed by atoms with Gasteiger partial charge in [0.15, 0.2) is 6.79 Å². The minimum Gasteiger partial charge on any atom is -0.466 e. The Morgan fingerprint density at radius 1 is 1.41 bits per heavy atom. The number of aliphatic imine (C=N–C) groups is 1. The SMILES string of the molecule is C(=N\c1nccs1)/c1cccc2c1OCOC2. The van der Waals surface area contributed by atoms with Crippen molar-refractivity contribution in [3.63, 3.8) is 0 Å². The van der Waals surface area contributed by atoms with Crippen LogP contribution in [0.15, 0.2) is 34.8 Å². The summed E-state index contributed by atoms with van der Waals surface area (Å²) in [6, 6.07) is 5.94. The van der Waals surface area contributed by atoms with Crippen LogP contribution in [0.2, 0.25) is 0 Å². The molecule has 0 radical (unpaired) electrons. The first-order valence-corrected chi connectivity index (χ1v) is 6.07. The van der Waals surface area contributed by atoms with Crippen LogP contribution in [0.5, 0.6) is 5.75 Å². The number of para-hydroxylation sites is 1. The molecule has 1 aliphatic rings. The van der Waals surface area contributed by atoms with Crippen molar-refractivity contribution in [3.8, 4) is 5.75 Å². The molecule has 4 nitrogen and oxygen atoms in total. The van der Waals surface area contributed by atoms with Gasteiger partial charge in [-0.3, -0.25) is 0 Å². The van der Waals surface area contributed by atoms with Crippen LogP contribution in [0, 0.1) is 0 Å². The first-order valence-electron chi connectivity index (χ1n) is 5.19. The molecule has 1 aromatic heterocycles. The number of ether oxygens (including phenoxy) is 2. The molecule has 2 aromatic rings. The molecule has 0 bridgehead atoms. The van der Waals surface area contributed by atoms with Gasteiger partial charge in [0.1, 0.15) is 5.75 Å². The molecule has 0 saturated heterocycles. The van der Waals surface area contributed by atoms with Crippen LogP contribution in [0.1, 0.15) is 11.1 Å². The lowest BCUT2D eigenvalue weighted by molar-refractivity contribution is -0.0164. The Kier molecular flexibility index (Phi) is 2.85. The highest BCUT2D eigenvalue weighted by Gasteiger charge is 2.13. The summed E-state index contributed by atoms with van der Waals surface area (Å²) >= 11 is 1.51. The van der Waals surface area contributed by atoms with E-state index in [-0.39, 0.29) is 0 Å². The third-order valence-corrected chi connectivity index (χ3v) is 3.08. The normalized spacial score (nSPS) is 14.6. The van der Waals surface area contributed by atoms with E-state index in [2.05, 4.69) is 9.98 Å². The molecule has 0 N–H and O–H groups in total. The van der Waals surface area contributed by atoms with Gasteiger partial charge in [-0.1, -0.05) is 12.1 Å². The number of nitrogens with zero attached hydrogens (tertiary/aromatic N) is 2. The molecular formula is C12H10N2O2S. The molecule has 0 aliphatic carbocycles. The Morgan fingerprint density at radius 2 is 2.41 bits per heavy atom. The molecule has 3 rings (SSSR count). The molecule has 5 heteroatoms. The van der Waals surface area contributed by atoms with Crippen molar-refractivity contribution < 1.29 is 9.47 Å². The minimum absolute atomic E-state index is 0.301. The van der Waals surface area contributed by atoms with Crippen molar-refractivity contribution in [2.75, 3.05) is 6.79 Å². The second-order valence-corrected chi connectivity index (χ2v) is 4.39. The first kappa shape index (κ1) is 10.4. The summed E-state index contributed by atoms with van der Waals surface area (Å²) in [5, 5.41) is 2.65. The maximum atomic E-state index is 5.49. The molecule has 17 heavy (non-hydrogen) atoms. The second-order valence-electron chi connectivity index (χ2n) is 3.52. The van der Waals surface area contributed by atoms with E-state index in [1.807, 2.05) is 23.6 Å². The third-order valence-electron chi connectivity index (χ3n) is 2.40. The van der Waals surface area contributed by atoms with Crippen molar-refractivity contribution in [1.29, 1.82) is 0 Å². The van der Waals surface area contributed by atoms with Gasteiger partial charge in [-0.15, -0.1) is 11.3 Å². The highest BCUT2D eigenvalue weighted by molar-refractivity contribution is 7.13. The summed E-state index contributed by atoms with van der Waals surface area (Å²) in [5.74, 6) is 0.860. The van der Waals surface area contributed by atoms with Gasteiger partial charge in [-0.25, -0.2) is 9.98 Å². The Balaban J connectivity index is 1.93. The van der Waals surface area contributed by atoms with Crippen molar-refractivity contribution in [3.05, 3.63) is 40.9 Å². The molecule has 0 unspecified atom stereocenters. The summed E-state index contributed by atoms with van der Waals surface area (Å²) in [4.78, 5) is 8.40. The highest BCUT2D eigenvalue weighted by Crippen LogP contribution is 2.27. The van der Waals surface area contributed by atoms with Crippen LogP contribution >= 0.6 is 11.3 Å². The second kappa shape index (κ2) is 4.65. The van der Waals surface area contributed by atoms with Gasteiger partial charge in [0.2, 0.25) is 5.13 Å². The summed E-state index contributed by atoms with van der Waals surface area (Å²) < 4.78 is 10.7. The van der Waals surface area contributed by atoms with E-state index in [0.29, 0.717) is 13.4 Å². The van der Waals surface area contributed by atoms with Gasteiger partial charge >= 0.3 is 0 Å². The largest absolute Gasteiger partial charge is 0.466 e. The van der Waals surface area contributed by atoms with Crippen LogP contribution in [0.4, 0.5) is 5.13 Å². The van der Waals surface area contributed by atoms with E-state index in [0.717, 1.165) is 22.0 Å². The van der Waals surface area contributed by atoms with E-state index in [1.165, 1.54) is 11.3 Å². The van der Waals surface area contributed by atoms with Crippen LogP contribution in [-0.2, 0) is 11.3 Å². The van der Waals surface area contributed by atoms with Crippen molar-refractivity contribution >= 4 is 22.7 Å². The van der Waals surface area contributed by atoms with Crippen LogP contribution in [0.3, 0.4) is 0 Å². The third kappa shape index (κ3) is 2.20. The monoisotopic (exact) mass is 246 g/mol. The van der Waals surface area contributed by atoms with Gasteiger partial charge in [0.25, 0.3) is 0 Å². The van der Waals surface area contributed by atoms with Crippen molar-refractivity contribution in [2.45, 2.75) is 6.61 Å². The van der Waals surface area contributed by atoms with E-state index in [1.54, 1.807) is 12.4 Å². The van der Waals surface area contributed by atoms with Gasteiger partial charge in [0.05, 0.1) is 6.61 Å². The van der Waals surface area contributed by atoms with E-state index in [4.69, 9.17) is 9.47 Å². The van der Waals surface area contributed by atoms with Crippen molar-refractivity contribution in [2.24, 2.45) is 4.99 Å². The maximum Gasteiger partial charge on any atom is 0.209 e. The van der Waals surface area contributed by atoms with E-state index >= 15 is 0 Å². The summed E-state index contributed by atoms with van der Waals surface area (Å²) in [6.45, 7) is 0.892. The Labute approximate surface area is 103 Å². The first-order chi connectivity index (χ1) is 8.43. The molecule has 0 spiro atoms. The van der Waals surface area contributed by atoms with Gasteiger partial charge in [0, 0.05) is 28.9 Å². The summed E-state index contributed by atoms with van der Waals surface area (Å²) in [6.07, 6.45) is 3.52. The molecule has 0 fully saturated rings. The molecule has 0 amide bonds. The van der Waals surface area contributed by atoms with Crippen LogP contribution in [0.25, 0.3) is 0 Å². The predicted molar refractivity (Wildman–Crippen MR) is 66.1 cm³/mol. The molecule has 0 atom stereocenters. The average molecular weight is 246 g/mol. The topological polar surface area (TPSA) is 43.7 Å². The molecule has 1 aliphatic heterocycles. The lowest BCUT2D eigenvalue weighted by atomic mass is 10.1. The number of rotatable bonds is 2. The maximum absolute atomic E-state index is 5.49. The van der Waals surface area contributed by atoms with Gasteiger partial charge in [-0.2, -0.15) is 0 Å². The summed E-state index contributed by atoms with van der Waals surface area (Å²) in [7, 11) is 0. The molecule has 1 aromatic carbocycles. The molecular weight excluding hydrogens is 236 g/mol. The number of hydrogen-bond donors (Lipinski definition) is 0. The van der Waals surface area contributed by atoms with Gasteiger partial charge in [-0.05, 0) is 6.07 Å². The number of benzene rings is 1. The Hall–Kier alpha value is -1.72. The molecule has 0 saturated carbocycles. The quantitative estimate of drug-likeness (QED) is 0.765. The van der Waals surface area contributed by atoms with Crippen molar-refractivity contribution in [1.82, 2.24) is 4.98 Å².